The maximum Gasteiger partial charge on any atom is 0.120 e. The van der Waals surface area contributed by atoms with Crippen molar-refractivity contribution in [2.24, 2.45) is 0 Å². The van der Waals surface area contributed by atoms with Crippen LogP contribution >= 0.6 is 0 Å². The summed E-state index contributed by atoms with van der Waals surface area (Å²) in [4.78, 5) is 0. The largest absolute Gasteiger partial charge is 0.508 e. The summed E-state index contributed by atoms with van der Waals surface area (Å²) >= 11 is 0. The monoisotopic (exact) mass is 241 g/mol. The summed E-state index contributed by atoms with van der Waals surface area (Å²) in [6, 6.07) is 13.8. The third kappa shape index (κ3) is 2.83. The molecule has 0 aromatic heterocycles. The van der Waals surface area contributed by atoms with Crippen molar-refractivity contribution in [2.45, 2.75) is 26.7 Å². The molecule has 0 heterocycles. The molecule has 2 rings (SSSR count). The third-order valence-corrected chi connectivity index (χ3v) is 2.95. The van der Waals surface area contributed by atoms with Gasteiger partial charge in [-0.15, -0.1) is 0 Å². The standard InChI is InChI=1S/C16H19NO/c1-3-6-14-15(9-5-10-16(14)18)17-13-8-4-7-12(2)11-13/h4-5,7-11,17-18H,3,6H2,1-2H3. The van der Waals surface area contributed by atoms with Crippen LogP contribution in [-0.4, -0.2) is 5.11 Å². The summed E-state index contributed by atoms with van der Waals surface area (Å²) < 4.78 is 0. The Kier molecular flexibility index (Phi) is 3.88. The highest BCUT2D eigenvalue weighted by atomic mass is 16.3. The molecule has 18 heavy (non-hydrogen) atoms. The maximum absolute atomic E-state index is 9.92. The first-order valence-electron chi connectivity index (χ1n) is 6.35. The summed E-state index contributed by atoms with van der Waals surface area (Å²) in [5.41, 5.74) is 4.25. The molecule has 2 N–H and O–H groups in total. The minimum Gasteiger partial charge on any atom is -0.508 e. The lowest BCUT2D eigenvalue weighted by Crippen LogP contribution is -1.96. The lowest BCUT2D eigenvalue weighted by Gasteiger charge is -2.13. The van der Waals surface area contributed by atoms with Gasteiger partial charge in [0.15, 0.2) is 0 Å². The second-order valence-corrected chi connectivity index (χ2v) is 4.55. The number of aromatic hydroxyl groups is 1. The van der Waals surface area contributed by atoms with E-state index in [0.29, 0.717) is 5.75 Å². The van der Waals surface area contributed by atoms with Gasteiger partial charge in [0.05, 0.1) is 0 Å². The summed E-state index contributed by atoms with van der Waals surface area (Å²) in [5.74, 6) is 0.370. The van der Waals surface area contributed by atoms with Gasteiger partial charge >= 0.3 is 0 Å². The fourth-order valence-electron chi connectivity index (χ4n) is 2.08. The summed E-state index contributed by atoms with van der Waals surface area (Å²) in [6.45, 7) is 4.18. The fourth-order valence-corrected chi connectivity index (χ4v) is 2.08. The van der Waals surface area contributed by atoms with Gasteiger partial charge in [-0.25, -0.2) is 0 Å². The number of phenolic OH excluding ortho intramolecular Hbond substituents is 1. The molecule has 0 aliphatic heterocycles. The molecule has 0 unspecified atom stereocenters. The molecule has 2 aromatic rings. The van der Waals surface area contributed by atoms with E-state index in [9.17, 15) is 5.11 Å². The van der Waals surface area contributed by atoms with Gasteiger partial charge in [0.25, 0.3) is 0 Å². The average molecular weight is 241 g/mol. The summed E-state index contributed by atoms with van der Waals surface area (Å²) in [5, 5.41) is 13.3. The quantitative estimate of drug-likeness (QED) is 0.831. The molecular weight excluding hydrogens is 222 g/mol. The van der Waals surface area contributed by atoms with Crippen molar-refractivity contribution in [3.05, 3.63) is 53.6 Å². The van der Waals surface area contributed by atoms with Crippen LogP contribution in [0.1, 0.15) is 24.5 Å². The smallest absolute Gasteiger partial charge is 0.120 e. The van der Waals surface area contributed by atoms with E-state index in [1.54, 1.807) is 6.07 Å². The van der Waals surface area contributed by atoms with Crippen LogP contribution in [0.25, 0.3) is 0 Å². The molecule has 0 saturated heterocycles. The first-order valence-corrected chi connectivity index (χ1v) is 6.35. The molecule has 0 bridgehead atoms. The topological polar surface area (TPSA) is 32.3 Å². The number of hydrogen-bond acceptors (Lipinski definition) is 2. The molecule has 0 spiro atoms. The first kappa shape index (κ1) is 12.5. The number of nitrogens with one attached hydrogen (secondary N) is 1. The van der Waals surface area contributed by atoms with Gasteiger partial charge in [-0.05, 0) is 43.2 Å². The van der Waals surface area contributed by atoms with Crippen LogP contribution in [0, 0.1) is 6.92 Å². The Balaban J connectivity index is 2.31. The van der Waals surface area contributed by atoms with Crippen molar-refractivity contribution in [1.29, 1.82) is 0 Å². The Labute approximate surface area is 108 Å². The van der Waals surface area contributed by atoms with Gasteiger partial charge in [-0.2, -0.15) is 0 Å². The highest BCUT2D eigenvalue weighted by Crippen LogP contribution is 2.29. The van der Waals surface area contributed by atoms with Crippen LogP contribution in [0.3, 0.4) is 0 Å². The van der Waals surface area contributed by atoms with E-state index in [-0.39, 0.29) is 0 Å². The van der Waals surface area contributed by atoms with E-state index >= 15 is 0 Å². The molecule has 0 aliphatic rings. The van der Waals surface area contributed by atoms with Crippen LogP contribution < -0.4 is 5.32 Å². The van der Waals surface area contributed by atoms with Crippen molar-refractivity contribution in [2.75, 3.05) is 5.32 Å². The fraction of sp³-hybridized carbons (Fsp3) is 0.250. The zero-order valence-electron chi connectivity index (χ0n) is 10.9. The van der Waals surface area contributed by atoms with Crippen LogP contribution in [0.15, 0.2) is 42.5 Å². The zero-order valence-corrected chi connectivity index (χ0v) is 10.9. The van der Waals surface area contributed by atoms with E-state index < -0.39 is 0 Å². The maximum atomic E-state index is 9.92. The van der Waals surface area contributed by atoms with E-state index in [4.69, 9.17) is 0 Å². The highest BCUT2D eigenvalue weighted by Gasteiger charge is 2.06. The van der Waals surface area contributed by atoms with Crippen LogP contribution in [-0.2, 0) is 6.42 Å². The lowest BCUT2D eigenvalue weighted by atomic mass is 10.1. The third-order valence-electron chi connectivity index (χ3n) is 2.95. The molecular formula is C16H19NO. The predicted octanol–water partition coefficient (Wildman–Crippen LogP) is 4.40. The van der Waals surface area contributed by atoms with Crippen LogP contribution in [0.5, 0.6) is 5.75 Å². The van der Waals surface area contributed by atoms with Gasteiger partial charge < -0.3 is 10.4 Å². The molecule has 0 aliphatic carbocycles. The Morgan fingerprint density at radius 2 is 1.89 bits per heavy atom. The van der Waals surface area contributed by atoms with Gasteiger partial charge in [0, 0.05) is 16.9 Å². The van der Waals surface area contributed by atoms with Gasteiger partial charge in [-0.3, -0.25) is 0 Å². The number of anilines is 2. The van der Waals surface area contributed by atoms with E-state index in [1.807, 2.05) is 24.3 Å². The van der Waals surface area contributed by atoms with Crippen molar-refractivity contribution >= 4 is 11.4 Å². The van der Waals surface area contributed by atoms with Gasteiger partial charge in [0.2, 0.25) is 0 Å². The summed E-state index contributed by atoms with van der Waals surface area (Å²) in [6.07, 6.45) is 1.89. The Morgan fingerprint density at radius 3 is 2.61 bits per heavy atom. The Bertz CT molecular complexity index is 534. The first-order chi connectivity index (χ1) is 8.70. The Morgan fingerprint density at radius 1 is 1.11 bits per heavy atom. The minimum absolute atomic E-state index is 0.370. The van der Waals surface area contributed by atoms with Crippen molar-refractivity contribution in [3.63, 3.8) is 0 Å². The average Bonchev–Trinajstić information content (AvgIpc) is 2.34. The molecule has 0 amide bonds. The molecule has 2 nitrogen and oxygen atoms in total. The molecule has 0 fully saturated rings. The SMILES string of the molecule is CCCc1c(O)cccc1Nc1cccc(C)c1. The second-order valence-electron chi connectivity index (χ2n) is 4.55. The van der Waals surface area contributed by atoms with Crippen LogP contribution in [0.2, 0.25) is 0 Å². The normalized spacial score (nSPS) is 10.3. The summed E-state index contributed by atoms with van der Waals surface area (Å²) in [7, 11) is 0. The molecule has 94 valence electrons. The minimum atomic E-state index is 0.370. The highest BCUT2D eigenvalue weighted by molar-refractivity contribution is 5.66. The van der Waals surface area contributed by atoms with Crippen molar-refractivity contribution in [1.82, 2.24) is 0 Å². The van der Waals surface area contributed by atoms with E-state index in [2.05, 4.69) is 31.3 Å². The molecule has 2 heteroatoms. The van der Waals surface area contributed by atoms with Crippen LogP contribution in [0.4, 0.5) is 11.4 Å². The lowest BCUT2D eigenvalue weighted by molar-refractivity contribution is 0.468. The number of hydrogen-bond donors (Lipinski definition) is 2. The molecule has 2 aromatic carbocycles. The van der Waals surface area contributed by atoms with E-state index in [1.165, 1.54) is 5.56 Å². The Hall–Kier alpha value is -1.96. The zero-order chi connectivity index (χ0) is 13.0. The van der Waals surface area contributed by atoms with Gasteiger partial charge in [-0.1, -0.05) is 31.5 Å². The number of phenols is 1. The molecule has 0 radical (unpaired) electrons. The van der Waals surface area contributed by atoms with Crippen molar-refractivity contribution < 1.29 is 5.11 Å². The molecule has 0 atom stereocenters. The van der Waals surface area contributed by atoms with E-state index in [0.717, 1.165) is 29.8 Å². The second kappa shape index (κ2) is 5.58. The molecule has 0 saturated carbocycles. The van der Waals surface area contributed by atoms with Gasteiger partial charge in [0.1, 0.15) is 5.75 Å². The number of benzene rings is 2. The predicted molar refractivity (Wildman–Crippen MR) is 76.6 cm³/mol. The number of aryl methyl sites for hydroxylation is 1. The van der Waals surface area contributed by atoms with Crippen molar-refractivity contribution in [3.8, 4) is 5.75 Å². The number of rotatable bonds is 4.